The van der Waals surface area contributed by atoms with Gasteiger partial charge in [-0.3, -0.25) is 4.90 Å². The van der Waals surface area contributed by atoms with Crippen LogP contribution in [-0.4, -0.2) is 86.4 Å². The first-order valence-electron chi connectivity index (χ1n) is 9.65. The Labute approximate surface area is 154 Å². The van der Waals surface area contributed by atoms with Gasteiger partial charge in [0, 0.05) is 58.2 Å². The number of hydrogen-bond donors (Lipinski definition) is 1. The first-order valence-corrected chi connectivity index (χ1v) is 9.65. The van der Waals surface area contributed by atoms with E-state index in [9.17, 15) is 0 Å². The molecule has 0 radical (unpaired) electrons. The molecule has 1 spiro atoms. The van der Waals surface area contributed by atoms with Crippen molar-refractivity contribution in [1.29, 1.82) is 0 Å². The lowest BCUT2D eigenvalue weighted by molar-refractivity contribution is -0.169. The zero-order valence-corrected chi connectivity index (χ0v) is 15.6. The fraction of sp³-hybridized carbons (Fsp3) is 0.778. The summed E-state index contributed by atoms with van der Waals surface area (Å²) < 4.78 is 17.0. The molecule has 0 aromatic carbocycles. The van der Waals surface area contributed by atoms with Crippen LogP contribution in [0.25, 0.3) is 0 Å². The Hall–Kier alpha value is -1.48. The molecule has 1 aromatic rings. The number of piperidine rings is 1. The van der Waals surface area contributed by atoms with Gasteiger partial charge in [-0.15, -0.1) is 0 Å². The van der Waals surface area contributed by atoms with E-state index in [-0.39, 0.29) is 5.79 Å². The zero-order valence-electron chi connectivity index (χ0n) is 15.6. The second kappa shape index (κ2) is 8.04. The van der Waals surface area contributed by atoms with Crippen LogP contribution in [0.4, 0.5) is 11.6 Å². The molecule has 3 aliphatic heterocycles. The molecular weight excluding hydrogens is 334 g/mol. The molecule has 144 valence electrons. The minimum Gasteiger partial charge on any atom is -0.379 e. The highest BCUT2D eigenvalue weighted by molar-refractivity contribution is 5.49. The van der Waals surface area contributed by atoms with E-state index in [1.807, 2.05) is 6.92 Å². The smallest absolute Gasteiger partial charge is 0.171 e. The van der Waals surface area contributed by atoms with Gasteiger partial charge in [-0.1, -0.05) is 0 Å². The van der Waals surface area contributed by atoms with Crippen LogP contribution in [0.2, 0.25) is 0 Å². The maximum Gasteiger partial charge on any atom is 0.171 e. The van der Waals surface area contributed by atoms with Crippen molar-refractivity contribution in [2.45, 2.75) is 25.6 Å². The molecule has 4 heterocycles. The molecule has 3 saturated heterocycles. The molecule has 3 aliphatic rings. The SMILES string of the molecule is Cc1nc(NCCN2CCOCC2)cc(N2CCC3(CC2)OCCO3)n1. The Balaban J connectivity index is 1.32. The number of morpholine rings is 1. The summed E-state index contributed by atoms with van der Waals surface area (Å²) in [5.74, 6) is 2.33. The van der Waals surface area contributed by atoms with Crippen LogP contribution in [0.15, 0.2) is 6.07 Å². The van der Waals surface area contributed by atoms with Crippen molar-refractivity contribution in [3.63, 3.8) is 0 Å². The lowest BCUT2D eigenvalue weighted by atomic mass is 10.0. The summed E-state index contributed by atoms with van der Waals surface area (Å²) in [5, 5.41) is 3.45. The largest absolute Gasteiger partial charge is 0.379 e. The summed E-state index contributed by atoms with van der Waals surface area (Å²) in [7, 11) is 0. The van der Waals surface area contributed by atoms with E-state index < -0.39 is 0 Å². The standard InChI is InChI=1S/C18H29N5O3/c1-15-20-16(19-4-7-22-8-10-24-11-9-22)14-17(21-15)23-5-2-18(3-6-23)25-12-13-26-18/h14H,2-13H2,1H3,(H,19,20,21). The topological polar surface area (TPSA) is 72.0 Å². The molecule has 0 bridgehead atoms. The molecule has 0 unspecified atom stereocenters. The normalized spacial score (nSPS) is 23.5. The summed E-state index contributed by atoms with van der Waals surface area (Å²) >= 11 is 0. The van der Waals surface area contributed by atoms with Gasteiger partial charge in [0.05, 0.1) is 26.4 Å². The zero-order chi connectivity index (χ0) is 17.8. The fourth-order valence-corrected chi connectivity index (χ4v) is 3.83. The molecular formula is C18H29N5O3. The van der Waals surface area contributed by atoms with Gasteiger partial charge in [0.15, 0.2) is 5.79 Å². The summed E-state index contributed by atoms with van der Waals surface area (Å²) in [6, 6.07) is 2.06. The fourth-order valence-electron chi connectivity index (χ4n) is 3.83. The Kier molecular flexibility index (Phi) is 5.54. The molecule has 8 heteroatoms. The number of anilines is 2. The lowest BCUT2D eigenvalue weighted by Crippen LogP contribution is -2.45. The summed E-state index contributed by atoms with van der Waals surface area (Å²) in [5.41, 5.74) is 0. The van der Waals surface area contributed by atoms with E-state index in [1.54, 1.807) is 0 Å². The van der Waals surface area contributed by atoms with Crippen LogP contribution in [0, 0.1) is 6.92 Å². The average Bonchev–Trinajstić information content (AvgIpc) is 3.11. The molecule has 3 fully saturated rings. The number of ether oxygens (including phenoxy) is 3. The Morgan fingerprint density at radius 3 is 2.50 bits per heavy atom. The summed E-state index contributed by atoms with van der Waals surface area (Å²) in [4.78, 5) is 13.9. The second-order valence-corrected chi connectivity index (χ2v) is 7.13. The predicted octanol–water partition coefficient (Wildman–Crippen LogP) is 0.872. The van der Waals surface area contributed by atoms with Gasteiger partial charge in [0.2, 0.25) is 0 Å². The monoisotopic (exact) mass is 363 g/mol. The van der Waals surface area contributed by atoms with Gasteiger partial charge in [-0.25, -0.2) is 9.97 Å². The van der Waals surface area contributed by atoms with Crippen molar-refractivity contribution in [3.8, 4) is 0 Å². The van der Waals surface area contributed by atoms with Crippen molar-refractivity contribution in [3.05, 3.63) is 11.9 Å². The van der Waals surface area contributed by atoms with Crippen molar-refractivity contribution in [1.82, 2.24) is 14.9 Å². The van der Waals surface area contributed by atoms with Crippen molar-refractivity contribution in [2.24, 2.45) is 0 Å². The van der Waals surface area contributed by atoms with Crippen LogP contribution in [0.5, 0.6) is 0 Å². The van der Waals surface area contributed by atoms with E-state index in [0.29, 0.717) is 13.2 Å². The second-order valence-electron chi connectivity index (χ2n) is 7.13. The average molecular weight is 363 g/mol. The third kappa shape index (κ3) is 4.25. The highest BCUT2D eigenvalue weighted by atomic mass is 16.7. The third-order valence-corrected chi connectivity index (χ3v) is 5.33. The van der Waals surface area contributed by atoms with E-state index in [2.05, 4.69) is 31.2 Å². The number of nitrogens with one attached hydrogen (secondary N) is 1. The quantitative estimate of drug-likeness (QED) is 0.826. The maximum absolute atomic E-state index is 5.82. The van der Waals surface area contributed by atoms with Crippen LogP contribution in [0.1, 0.15) is 18.7 Å². The molecule has 0 aliphatic carbocycles. The Morgan fingerprint density at radius 2 is 1.77 bits per heavy atom. The number of aromatic nitrogens is 2. The van der Waals surface area contributed by atoms with E-state index in [1.165, 1.54) is 0 Å². The molecule has 1 aromatic heterocycles. The number of aryl methyl sites for hydroxylation is 1. The number of rotatable bonds is 5. The molecule has 0 atom stereocenters. The van der Waals surface area contributed by atoms with Crippen LogP contribution in [-0.2, 0) is 14.2 Å². The van der Waals surface area contributed by atoms with Crippen molar-refractivity contribution < 1.29 is 14.2 Å². The van der Waals surface area contributed by atoms with E-state index in [0.717, 1.165) is 82.8 Å². The first kappa shape index (κ1) is 17.9. The van der Waals surface area contributed by atoms with Crippen LogP contribution >= 0.6 is 0 Å². The minimum absolute atomic E-state index is 0.349. The molecule has 1 N–H and O–H groups in total. The molecule has 0 amide bonds. The maximum atomic E-state index is 5.82. The Morgan fingerprint density at radius 1 is 1.04 bits per heavy atom. The van der Waals surface area contributed by atoms with Crippen molar-refractivity contribution in [2.75, 3.05) is 75.9 Å². The summed E-state index contributed by atoms with van der Waals surface area (Å²) in [6.07, 6.45) is 1.77. The van der Waals surface area contributed by atoms with Gasteiger partial charge < -0.3 is 24.4 Å². The number of nitrogens with zero attached hydrogens (tertiary/aromatic N) is 4. The van der Waals surface area contributed by atoms with Crippen LogP contribution < -0.4 is 10.2 Å². The van der Waals surface area contributed by atoms with Gasteiger partial charge in [-0.2, -0.15) is 0 Å². The number of hydrogen-bond acceptors (Lipinski definition) is 8. The molecule has 26 heavy (non-hydrogen) atoms. The third-order valence-electron chi connectivity index (χ3n) is 5.33. The first-order chi connectivity index (χ1) is 12.7. The highest BCUT2D eigenvalue weighted by Crippen LogP contribution is 2.33. The lowest BCUT2D eigenvalue weighted by Gasteiger charge is -2.38. The van der Waals surface area contributed by atoms with Gasteiger partial charge in [-0.05, 0) is 6.92 Å². The van der Waals surface area contributed by atoms with Gasteiger partial charge >= 0.3 is 0 Å². The van der Waals surface area contributed by atoms with Crippen LogP contribution in [0.3, 0.4) is 0 Å². The molecule has 8 nitrogen and oxygen atoms in total. The summed E-state index contributed by atoms with van der Waals surface area (Å²) in [6.45, 7) is 10.7. The predicted molar refractivity (Wildman–Crippen MR) is 98.6 cm³/mol. The Bertz CT molecular complexity index is 592. The minimum atomic E-state index is -0.349. The highest BCUT2D eigenvalue weighted by Gasteiger charge is 2.40. The van der Waals surface area contributed by atoms with Gasteiger partial charge in [0.25, 0.3) is 0 Å². The van der Waals surface area contributed by atoms with E-state index >= 15 is 0 Å². The van der Waals surface area contributed by atoms with Gasteiger partial charge in [0.1, 0.15) is 17.5 Å². The van der Waals surface area contributed by atoms with Crippen molar-refractivity contribution >= 4 is 11.6 Å². The molecule has 4 rings (SSSR count). The van der Waals surface area contributed by atoms with E-state index in [4.69, 9.17) is 14.2 Å². The molecule has 0 saturated carbocycles.